The lowest BCUT2D eigenvalue weighted by atomic mass is 9.99. The van der Waals surface area contributed by atoms with E-state index in [2.05, 4.69) is 60.7 Å². The molecule has 0 heterocycles. The van der Waals surface area contributed by atoms with Crippen LogP contribution in [0, 0.1) is 22.7 Å². The fourth-order valence-electron chi connectivity index (χ4n) is 2.46. The molecule has 0 atom stereocenters. The smallest absolute Gasteiger partial charge is 0.0625 e. The molecule has 0 unspecified atom stereocenters. The third kappa shape index (κ3) is 4.76. The summed E-state index contributed by atoms with van der Waals surface area (Å²) < 4.78 is 0. The van der Waals surface area contributed by atoms with E-state index in [4.69, 9.17) is 10.5 Å². The van der Waals surface area contributed by atoms with Crippen molar-refractivity contribution in [3.05, 3.63) is 59.7 Å². The van der Waals surface area contributed by atoms with Crippen LogP contribution in [0.5, 0.6) is 0 Å². The van der Waals surface area contributed by atoms with E-state index < -0.39 is 0 Å². The van der Waals surface area contributed by atoms with Gasteiger partial charge in [0.15, 0.2) is 0 Å². The number of benzene rings is 2. The van der Waals surface area contributed by atoms with Gasteiger partial charge in [-0.25, -0.2) is 0 Å². The van der Waals surface area contributed by atoms with E-state index in [-0.39, 0.29) is 0 Å². The van der Waals surface area contributed by atoms with Gasteiger partial charge in [0.25, 0.3) is 0 Å². The lowest BCUT2D eigenvalue weighted by Crippen LogP contribution is -1.87. The number of rotatable bonds is 7. The first-order valence-electron chi connectivity index (χ1n) is 7.75. The lowest BCUT2D eigenvalue weighted by molar-refractivity contribution is 0.753. The zero-order valence-electron chi connectivity index (χ0n) is 12.8. The van der Waals surface area contributed by atoms with Gasteiger partial charge in [0.05, 0.1) is 12.1 Å². The Bertz CT molecular complexity index is 655. The average Bonchev–Trinajstić information content (AvgIpc) is 2.58. The van der Waals surface area contributed by atoms with E-state index in [0.717, 1.165) is 25.7 Å². The highest BCUT2D eigenvalue weighted by molar-refractivity contribution is 5.63. The van der Waals surface area contributed by atoms with Gasteiger partial charge in [-0.3, -0.25) is 0 Å². The molecule has 0 amide bonds. The normalized spacial score (nSPS) is 9.91. The van der Waals surface area contributed by atoms with Gasteiger partial charge < -0.3 is 0 Å². The minimum Gasteiger partial charge on any atom is -0.198 e. The number of aryl methyl sites for hydroxylation is 2. The van der Waals surface area contributed by atoms with E-state index in [0.29, 0.717) is 12.8 Å². The van der Waals surface area contributed by atoms with Crippen molar-refractivity contribution in [1.82, 2.24) is 0 Å². The van der Waals surface area contributed by atoms with Crippen LogP contribution < -0.4 is 0 Å². The van der Waals surface area contributed by atoms with Crippen molar-refractivity contribution < 1.29 is 0 Å². The molecule has 0 fully saturated rings. The molecule has 22 heavy (non-hydrogen) atoms. The van der Waals surface area contributed by atoms with Crippen LogP contribution in [0.25, 0.3) is 11.1 Å². The van der Waals surface area contributed by atoms with Crippen molar-refractivity contribution in [3.63, 3.8) is 0 Å². The van der Waals surface area contributed by atoms with Crippen LogP contribution >= 0.6 is 0 Å². The van der Waals surface area contributed by atoms with Gasteiger partial charge >= 0.3 is 0 Å². The zero-order valence-corrected chi connectivity index (χ0v) is 12.8. The molecule has 2 aromatic carbocycles. The van der Waals surface area contributed by atoms with Crippen LogP contribution in [0.4, 0.5) is 0 Å². The number of nitriles is 2. The molecule has 2 nitrogen and oxygen atoms in total. The largest absolute Gasteiger partial charge is 0.198 e. The van der Waals surface area contributed by atoms with Crippen LogP contribution in [0.15, 0.2) is 48.5 Å². The van der Waals surface area contributed by atoms with E-state index in [1.54, 1.807) is 0 Å². The van der Waals surface area contributed by atoms with Crippen molar-refractivity contribution in [1.29, 1.82) is 10.5 Å². The van der Waals surface area contributed by atoms with Gasteiger partial charge in [-0.05, 0) is 47.9 Å². The Labute approximate surface area is 132 Å². The molecular formula is C20H20N2. The maximum absolute atomic E-state index is 8.61. The number of hydrogen-bond acceptors (Lipinski definition) is 2. The zero-order chi connectivity index (χ0) is 15.6. The van der Waals surface area contributed by atoms with Gasteiger partial charge in [0.1, 0.15) is 0 Å². The molecule has 0 aliphatic heterocycles. The summed E-state index contributed by atoms with van der Waals surface area (Å²) in [5, 5.41) is 17.1. The summed E-state index contributed by atoms with van der Waals surface area (Å²) in [5.41, 5.74) is 4.95. The highest BCUT2D eigenvalue weighted by Gasteiger charge is 2.00. The lowest BCUT2D eigenvalue weighted by Gasteiger charge is -2.05. The summed E-state index contributed by atoms with van der Waals surface area (Å²) in [6.07, 6.45) is 5.12. The first kappa shape index (κ1) is 15.8. The fourth-order valence-corrected chi connectivity index (χ4v) is 2.46. The molecular weight excluding hydrogens is 268 g/mol. The first-order chi connectivity index (χ1) is 10.8. The Hall–Kier alpha value is -2.58. The Morgan fingerprint density at radius 3 is 1.59 bits per heavy atom. The third-order valence-corrected chi connectivity index (χ3v) is 3.77. The van der Waals surface area contributed by atoms with E-state index in [1.165, 1.54) is 22.3 Å². The predicted octanol–water partition coefficient (Wildman–Crippen LogP) is 5.05. The molecule has 0 aromatic heterocycles. The Balaban J connectivity index is 1.95. The van der Waals surface area contributed by atoms with Crippen LogP contribution in [0.1, 0.15) is 36.8 Å². The maximum atomic E-state index is 8.61. The molecule has 0 saturated carbocycles. The molecule has 0 aliphatic rings. The molecule has 110 valence electrons. The van der Waals surface area contributed by atoms with Crippen molar-refractivity contribution in [3.8, 4) is 23.3 Å². The first-order valence-corrected chi connectivity index (χ1v) is 7.75. The summed E-state index contributed by atoms with van der Waals surface area (Å²) in [7, 11) is 0. The van der Waals surface area contributed by atoms with Crippen LogP contribution in [-0.2, 0) is 12.8 Å². The van der Waals surface area contributed by atoms with Crippen LogP contribution in [0.2, 0.25) is 0 Å². The van der Waals surface area contributed by atoms with Gasteiger partial charge in [-0.2, -0.15) is 10.5 Å². The molecule has 2 rings (SSSR count). The van der Waals surface area contributed by atoms with Crippen LogP contribution in [-0.4, -0.2) is 0 Å². The van der Waals surface area contributed by atoms with Crippen molar-refractivity contribution in [2.45, 2.75) is 38.5 Å². The predicted molar refractivity (Wildman–Crippen MR) is 89.0 cm³/mol. The fraction of sp³-hybridized carbons (Fsp3) is 0.300. The SMILES string of the molecule is N#CCCCCc1ccc(-c2ccc(CCC#N)cc2)cc1. The minimum absolute atomic E-state index is 0.569. The number of unbranched alkanes of at least 4 members (excludes halogenated alkanes) is 2. The van der Waals surface area contributed by atoms with Gasteiger partial charge in [0, 0.05) is 12.8 Å². The van der Waals surface area contributed by atoms with E-state index in [1.807, 2.05) is 0 Å². The topological polar surface area (TPSA) is 47.6 Å². The minimum atomic E-state index is 0.569. The molecule has 0 spiro atoms. The molecule has 0 N–H and O–H groups in total. The molecule has 2 aromatic rings. The van der Waals surface area contributed by atoms with Crippen molar-refractivity contribution in [2.75, 3.05) is 0 Å². The summed E-state index contributed by atoms with van der Waals surface area (Å²) in [6, 6.07) is 21.5. The summed E-state index contributed by atoms with van der Waals surface area (Å²) in [4.78, 5) is 0. The second-order valence-electron chi connectivity index (χ2n) is 5.42. The highest BCUT2D eigenvalue weighted by atomic mass is 14.2. The quantitative estimate of drug-likeness (QED) is 0.669. The molecule has 0 aliphatic carbocycles. The Morgan fingerprint density at radius 1 is 0.591 bits per heavy atom. The van der Waals surface area contributed by atoms with Crippen molar-refractivity contribution in [2.24, 2.45) is 0 Å². The molecule has 0 saturated heterocycles. The molecule has 2 heteroatoms. The Kier molecular flexibility index (Phi) is 6.21. The van der Waals surface area contributed by atoms with Crippen LogP contribution in [0.3, 0.4) is 0 Å². The number of hydrogen-bond donors (Lipinski definition) is 0. The van der Waals surface area contributed by atoms with Gasteiger partial charge in [0.2, 0.25) is 0 Å². The van der Waals surface area contributed by atoms with Gasteiger partial charge in [-0.15, -0.1) is 0 Å². The Morgan fingerprint density at radius 2 is 1.09 bits per heavy atom. The third-order valence-electron chi connectivity index (χ3n) is 3.77. The number of nitrogens with zero attached hydrogens (tertiary/aromatic N) is 2. The van der Waals surface area contributed by atoms with Gasteiger partial charge in [-0.1, -0.05) is 48.5 Å². The monoisotopic (exact) mass is 288 g/mol. The molecule has 0 radical (unpaired) electrons. The van der Waals surface area contributed by atoms with E-state index in [9.17, 15) is 0 Å². The summed E-state index contributed by atoms with van der Waals surface area (Å²) in [5.74, 6) is 0. The summed E-state index contributed by atoms with van der Waals surface area (Å²) in [6.45, 7) is 0. The second kappa shape index (κ2) is 8.65. The van der Waals surface area contributed by atoms with E-state index >= 15 is 0 Å². The van der Waals surface area contributed by atoms with Crippen molar-refractivity contribution >= 4 is 0 Å². The average molecular weight is 288 g/mol. The maximum Gasteiger partial charge on any atom is 0.0625 e. The summed E-state index contributed by atoms with van der Waals surface area (Å²) >= 11 is 0. The molecule has 0 bridgehead atoms. The highest BCUT2D eigenvalue weighted by Crippen LogP contribution is 2.21. The second-order valence-corrected chi connectivity index (χ2v) is 5.42. The standard InChI is InChI=1S/C20H20N2/c21-15-3-1-2-5-17-7-11-19(12-8-17)20-13-9-18(10-14-20)6-4-16-22/h7-14H,1-6H2.